The summed E-state index contributed by atoms with van der Waals surface area (Å²) in [5.74, 6) is -0.890. The number of nitrogens with zero attached hydrogens (tertiary/aromatic N) is 3. The number of piperazine rings is 1. The molecule has 0 amide bonds. The van der Waals surface area contributed by atoms with Crippen LogP contribution in [0.4, 0.5) is 5.69 Å². The van der Waals surface area contributed by atoms with Crippen LogP contribution in [0.1, 0.15) is 76.5 Å². The molecular weight excluding hydrogens is 458 g/mol. The lowest BCUT2D eigenvalue weighted by molar-refractivity contribution is 0.0747. The van der Waals surface area contributed by atoms with Gasteiger partial charge in [-0.25, -0.2) is 4.79 Å². The number of benzene rings is 3. The molecule has 0 aliphatic carbocycles. The van der Waals surface area contributed by atoms with Gasteiger partial charge >= 0.3 is 5.76 Å². The van der Waals surface area contributed by atoms with Gasteiger partial charge in [-0.2, -0.15) is 0 Å². The predicted octanol–water partition coefficient (Wildman–Crippen LogP) is 6.77. The van der Waals surface area contributed by atoms with E-state index in [-0.39, 0.29) is 39.4 Å². The summed E-state index contributed by atoms with van der Waals surface area (Å²) in [6.45, 7) is 2.68. The summed E-state index contributed by atoms with van der Waals surface area (Å²) in [5, 5.41) is 0. The standard InChI is InChI=1S/C32H39N3O2/c1-20-11-9-14-27(22(20)3)26-13-10-12-25(19-26)23(4)34-17-18-35(32(6,7)24(34)5)28-16-15-21(2)29-30(28)37-31(36)33(29)8/h9-16,19,23-24H,17-18H2,1-8H3/i9D,10D,11D,12D,13D,14D,15D,16D,17D2,18D2,19D,23D,24D. The fourth-order valence-corrected chi connectivity index (χ4v) is 4.46. The molecule has 0 spiro atoms. The van der Waals surface area contributed by atoms with E-state index in [1.807, 2.05) is 0 Å². The Labute approximate surface area is 241 Å². The minimum Gasteiger partial charge on any atom is -0.405 e. The average molecular weight is 513 g/mol. The Morgan fingerprint density at radius 3 is 2.59 bits per heavy atom. The van der Waals surface area contributed by atoms with Crippen molar-refractivity contribution in [2.24, 2.45) is 7.05 Å². The van der Waals surface area contributed by atoms with Gasteiger partial charge in [0.2, 0.25) is 0 Å². The van der Waals surface area contributed by atoms with E-state index in [1.54, 1.807) is 0 Å². The maximum atomic E-state index is 12.7. The number of fused-ring (bicyclic) bond motifs is 1. The maximum Gasteiger partial charge on any atom is 0.419 e. The molecule has 5 heteroatoms. The topological polar surface area (TPSA) is 41.6 Å². The second kappa shape index (κ2) is 9.21. The van der Waals surface area contributed by atoms with Crippen LogP contribution in [-0.2, 0) is 7.05 Å². The highest BCUT2D eigenvalue weighted by atomic mass is 16.4. The van der Waals surface area contributed by atoms with Crippen molar-refractivity contribution in [3.8, 4) is 11.1 Å². The molecule has 0 saturated carbocycles. The van der Waals surface area contributed by atoms with E-state index >= 15 is 0 Å². The van der Waals surface area contributed by atoms with Gasteiger partial charge < -0.3 is 9.32 Å². The summed E-state index contributed by atoms with van der Waals surface area (Å²) < 4.78 is 142. The lowest BCUT2D eigenvalue weighted by Crippen LogP contribution is -2.65. The Bertz CT molecular complexity index is 2220. The summed E-state index contributed by atoms with van der Waals surface area (Å²) in [6.07, 6.45) is 0. The molecule has 0 N–H and O–H groups in total. The number of anilines is 1. The first-order chi connectivity index (χ1) is 23.5. The molecule has 1 aromatic heterocycles. The van der Waals surface area contributed by atoms with Crippen molar-refractivity contribution in [2.45, 2.75) is 66.0 Å². The molecular formula is C32H39N3O2. The second-order valence-electron chi connectivity index (χ2n) is 9.70. The number of hydrogen-bond donors (Lipinski definition) is 0. The van der Waals surface area contributed by atoms with Crippen LogP contribution in [0.5, 0.6) is 0 Å². The zero-order valence-electron chi connectivity index (χ0n) is 37.2. The zero-order chi connectivity index (χ0) is 39.9. The molecule has 1 aliphatic heterocycles. The van der Waals surface area contributed by atoms with Crippen LogP contribution in [0, 0.1) is 20.8 Å². The molecule has 194 valence electrons. The molecule has 1 aliphatic rings. The van der Waals surface area contributed by atoms with Crippen LogP contribution >= 0.6 is 0 Å². The smallest absolute Gasteiger partial charge is 0.405 e. The average Bonchev–Trinajstić information content (AvgIpc) is 3.32. The lowest BCUT2D eigenvalue weighted by Gasteiger charge is -2.54. The molecule has 1 fully saturated rings. The highest BCUT2D eigenvalue weighted by Gasteiger charge is 2.43. The van der Waals surface area contributed by atoms with Crippen LogP contribution in [0.25, 0.3) is 22.2 Å². The first-order valence-electron chi connectivity index (χ1n) is 19.3. The van der Waals surface area contributed by atoms with E-state index in [4.69, 9.17) is 15.4 Å². The molecule has 2 heterocycles. The normalized spacial score (nSPS) is 30.3. The summed E-state index contributed by atoms with van der Waals surface area (Å²) in [7, 11) is 1.36. The van der Waals surface area contributed by atoms with Crippen molar-refractivity contribution in [3.05, 3.63) is 87.2 Å². The molecule has 0 bridgehead atoms. The Kier molecular flexibility index (Phi) is 3.23. The molecule has 0 radical (unpaired) electrons. The van der Waals surface area contributed by atoms with Crippen LogP contribution in [0.3, 0.4) is 0 Å². The number of aryl methyl sites for hydroxylation is 2. The van der Waals surface area contributed by atoms with Crippen molar-refractivity contribution >= 4 is 16.8 Å². The van der Waals surface area contributed by atoms with Crippen LogP contribution in [-0.4, -0.2) is 34.0 Å². The first kappa shape index (κ1) is 13.0. The fraction of sp³-hybridized carbons (Fsp3) is 0.406. The molecule has 37 heavy (non-hydrogen) atoms. The zero-order valence-corrected chi connectivity index (χ0v) is 22.2. The van der Waals surface area contributed by atoms with E-state index in [1.165, 1.54) is 48.6 Å². The minimum atomic E-state index is -3.42. The van der Waals surface area contributed by atoms with Gasteiger partial charge in [0.15, 0.2) is 5.58 Å². The Balaban J connectivity index is 1.87. The van der Waals surface area contributed by atoms with Crippen molar-refractivity contribution < 1.29 is 25.0 Å². The van der Waals surface area contributed by atoms with Gasteiger partial charge in [0.1, 0.15) is 0 Å². The molecule has 3 aromatic carbocycles. The van der Waals surface area contributed by atoms with Gasteiger partial charge in [0, 0.05) is 41.7 Å². The van der Waals surface area contributed by atoms with Crippen LogP contribution in [0.2, 0.25) is 0 Å². The van der Waals surface area contributed by atoms with Gasteiger partial charge in [-0.05, 0) is 93.9 Å². The Morgan fingerprint density at radius 2 is 1.84 bits per heavy atom. The summed E-state index contributed by atoms with van der Waals surface area (Å²) in [4.78, 5) is 14.0. The number of rotatable bonds is 4. The summed E-state index contributed by atoms with van der Waals surface area (Å²) in [6, 6.07) is -10.5. The molecule has 4 aromatic rings. The summed E-state index contributed by atoms with van der Waals surface area (Å²) in [5.41, 5.74) is -3.26. The highest BCUT2D eigenvalue weighted by Crippen LogP contribution is 2.40. The third-order valence-electron chi connectivity index (χ3n) is 7.18. The number of aromatic nitrogens is 1. The van der Waals surface area contributed by atoms with Crippen molar-refractivity contribution in [3.63, 3.8) is 0 Å². The van der Waals surface area contributed by atoms with E-state index in [9.17, 15) is 14.4 Å². The number of hydrogen-bond acceptors (Lipinski definition) is 4. The van der Waals surface area contributed by atoms with E-state index in [0.29, 0.717) is 4.90 Å². The quantitative estimate of drug-likeness (QED) is 0.302. The van der Waals surface area contributed by atoms with Crippen LogP contribution < -0.4 is 10.7 Å². The number of oxazole rings is 1. The first-order valence-corrected chi connectivity index (χ1v) is 11.8. The van der Waals surface area contributed by atoms with E-state index in [0.717, 1.165) is 16.4 Å². The van der Waals surface area contributed by atoms with Gasteiger partial charge in [-0.3, -0.25) is 9.47 Å². The Hall–Kier alpha value is -3.31. The molecule has 5 nitrogen and oxygen atoms in total. The largest absolute Gasteiger partial charge is 0.419 e. The minimum absolute atomic E-state index is 0.0601. The third kappa shape index (κ3) is 4.10. The van der Waals surface area contributed by atoms with Crippen molar-refractivity contribution in [1.82, 2.24) is 9.47 Å². The maximum absolute atomic E-state index is 12.7. The van der Waals surface area contributed by atoms with Gasteiger partial charge in [0.05, 0.1) is 27.7 Å². The molecule has 2 atom stereocenters. The fourth-order valence-electron chi connectivity index (χ4n) is 4.46. The molecule has 5 rings (SSSR count). The van der Waals surface area contributed by atoms with Gasteiger partial charge in [0.25, 0.3) is 0 Å². The van der Waals surface area contributed by atoms with Crippen LogP contribution in [0.15, 0.2) is 63.6 Å². The summed E-state index contributed by atoms with van der Waals surface area (Å²) >= 11 is 0. The predicted molar refractivity (Wildman–Crippen MR) is 154 cm³/mol. The SMILES string of the molecule is [2H]c1c([2H])c(C)c(C)c(-c2c([2H])c([2H])c([2H])c(C([2H])(C)N3C([2H])([2H])C([2H])([2H])N(c4c([2H])c([2H])c(C)c5c4oc(=O)n5C)C(C)(C)C3([2H])C)c2[2H])c1[2H]. The van der Waals surface area contributed by atoms with E-state index < -0.39 is 101 Å². The monoisotopic (exact) mass is 512 g/mol. The highest BCUT2D eigenvalue weighted by molar-refractivity contribution is 5.90. The van der Waals surface area contributed by atoms with Crippen molar-refractivity contribution in [2.75, 3.05) is 17.9 Å². The van der Waals surface area contributed by atoms with Gasteiger partial charge in [-0.1, -0.05) is 42.3 Å². The Morgan fingerprint density at radius 1 is 1.11 bits per heavy atom. The molecule has 1 saturated heterocycles. The second-order valence-corrected chi connectivity index (χ2v) is 9.70. The van der Waals surface area contributed by atoms with Crippen molar-refractivity contribution in [1.29, 1.82) is 0 Å². The molecule has 2 unspecified atom stereocenters. The lowest BCUT2D eigenvalue weighted by atomic mass is 9.86. The van der Waals surface area contributed by atoms with Gasteiger partial charge in [-0.15, -0.1) is 0 Å². The van der Waals surface area contributed by atoms with E-state index in [2.05, 4.69) is 0 Å². The third-order valence-corrected chi connectivity index (χ3v) is 7.18.